The molecule has 2 aromatic rings. The van der Waals surface area contributed by atoms with Gasteiger partial charge in [0, 0.05) is 18.4 Å². The van der Waals surface area contributed by atoms with Crippen molar-refractivity contribution in [2.24, 2.45) is 5.92 Å². The van der Waals surface area contributed by atoms with Gasteiger partial charge in [0.05, 0.1) is 31.8 Å². The van der Waals surface area contributed by atoms with Gasteiger partial charge in [0.25, 0.3) is 0 Å². The zero-order chi connectivity index (χ0) is 24.4. The molecule has 184 valence electrons. The van der Waals surface area contributed by atoms with Gasteiger partial charge in [-0.2, -0.15) is 0 Å². The van der Waals surface area contributed by atoms with Crippen molar-refractivity contribution in [3.05, 3.63) is 59.7 Å². The van der Waals surface area contributed by atoms with E-state index in [0.717, 1.165) is 28.7 Å². The SMILES string of the molecule is O=C(O)CC(NC(=O)OCC1c2ccccc2-c2ccccc21)C(=O)NCC1C[C@H]2COC[C@H]2O1. The van der Waals surface area contributed by atoms with Gasteiger partial charge in [-0.25, -0.2) is 4.79 Å². The number of carbonyl (C=O) groups excluding carboxylic acids is 2. The minimum Gasteiger partial charge on any atom is -0.481 e. The Morgan fingerprint density at radius 3 is 2.37 bits per heavy atom. The van der Waals surface area contributed by atoms with Crippen LogP contribution in [-0.2, 0) is 23.8 Å². The zero-order valence-corrected chi connectivity index (χ0v) is 19.1. The molecular weight excluding hydrogens is 452 g/mol. The van der Waals surface area contributed by atoms with Crippen molar-refractivity contribution in [1.29, 1.82) is 0 Å². The normalized spacial score (nSPS) is 23.1. The smallest absolute Gasteiger partial charge is 0.407 e. The summed E-state index contributed by atoms with van der Waals surface area (Å²) in [4.78, 5) is 36.6. The molecule has 3 aliphatic rings. The van der Waals surface area contributed by atoms with Gasteiger partial charge in [0.1, 0.15) is 12.6 Å². The summed E-state index contributed by atoms with van der Waals surface area (Å²) >= 11 is 0. The second-order valence-electron chi connectivity index (χ2n) is 9.20. The van der Waals surface area contributed by atoms with Crippen molar-refractivity contribution < 1.29 is 33.7 Å². The fourth-order valence-electron chi connectivity index (χ4n) is 5.22. The second kappa shape index (κ2) is 10.1. The third-order valence-electron chi connectivity index (χ3n) is 6.91. The molecule has 0 radical (unpaired) electrons. The number of hydrogen-bond acceptors (Lipinski definition) is 6. The lowest BCUT2D eigenvalue weighted by Crippen LogP contribution is -2.49. The van der Waals surface area contributed by atoms with Crippen LogP contribution >= 0.6 is 0 Å². The first-order valence-electron chi connectivity index (χ1n) is 11.8. The van der Waals surface area contributed by atoms with Crippen LogP contribution in [0.2, 0.25) is 0 Å². The molecule has 2 unspecified atom stereocenters. The number of carboxylic acid groups (broad SMARTS) is 1. The van der Waals surface area contributed by atoms with Crippen LogP contribution in [0.1, 0.15) is 29.9 Å². The molecule has 0 aromatic heterocycles. The average molecular weight is 481 g/mol. The second-order valence-corrected chi connectivity index (χ2v) is 9.20. The van der Waals surface area contributed by atoms with Gasteiger partial charge in [0.15, 0.2) is 0 Å². The van der Waals surface area contributed by atoms with Gasteiger partial charge in [-0.1, -0.05) is 48.5 Å². The lowest BCUT2D eigenvalue weighted by atomic mass is 9.98. The molecule has 2 heterocycles. The fraction of sp³-hybridized carbons (Fsp3) is 0.423. The Labute approximate surface area is 202 Å². The van der Waals surface area contributed by atoms with E-state index in [1.807, 2.05) is 48.5 Å². The molecule has 2 aromatic carbocycles. The molecule has 2 fully saturated rings. The van der Waals surface area contributed by atoms with Crippen LogP contribution in [0.3, 0.4) is 0 Å². The van der Waals surface area contributed by atoms with E-state index in [1.54, 1.807) is 0 Å². The predicted octanol–water partition coefficient (Wildman–Crippen LogP) is 2.29. The average Bonchev–Trinajstić information content (AvgIpc) is 3.53. The van der Waals surface area contributed by atoms with Crippen molar-refractivity contribution in [3.8, 4) is 11.1 Å². The van der Waals surface area contributed by atoms with Gasteiger partial charge < -0.3 is 30.0 Å². The number of ether oxygens (including phenoxy) is 3. The van der Waals surface area contributed by atoms with Crippen molar-refractivity contribution in [1.82, 2.24) is 10.6 Å². The van der Waals surface area contributed by atoms with Crippen molar-refractivity contribution in [3.63, 3.8) is 0 Å². The number of benzene rings is 2. The molecule has 0 spiro atoms. The third-order valence-corrected chi connectivity index (χ3v) is 6.91. The maximum absolute atomic E-state index is 12.7. The summed E-state index contributed by atoms with van der Waals surface area (Å²) in [7, 11) is 0. The largest absolute Gasteiger partial charge is 0.481 e. The number of carboxylic acids is 1. The standard InChI is InChI=1S/C26H28N2O7/c29-24(30)10-22(25(31)27-11-16-9-15-12-33-14-23(15)35-16)28-26(32)34-13-21-19-7-3-1-5-17(19)18-6-2-4-8-20(18)21/h1-8,15-16,21-23H,9-14H2,(H,27,31)(H,28,32)(H,29,30)/t15-,16?,22?,23+/m0/s1. The first kappa shape index (κ1) is 23.3. The summed E-state index contributed by atoms with van der Waals surface area (Å²) in [6.45, 7) is 1.52. The molecule has 3 N–H and O–H groups in total. The third kappa shape index (κ3) is 5.01. The Kier molecular flexibility index (Phi) is 6.70. The van der Waals surface area contributed by atoms with Crippen LogP contribution in [-0.4, -0.2) is 67.7 Å². The van der Waals surface area contributed by atoms with E-state index in [4.69, 9.17) is 14.2 Å². The highest BCUT2D eigenvalue weighted by Gasteiger charge is 2.39. The highest BCUT2D eigenvalue weighted by molar-refractivity contribution is 5.89. The van der Waals surface area contributed by atoms with Crippen LogP contribution in [0.5, 0.6) is 0 Å². The fourth-order valence-corrected chi connectivity index (χ4v) is 5.22. The van der Waals surface area contributed by atoms with Crippen molar-refractivity contribution >= 4 is 18.0 Å². The van der Waals surface area contributed by atoms with Crippen LogP contribution in [0, 0.1) is 5.92 Å². The number of amides is 2. The summed E-state index contributed by atoms with van der Waals surface area (Å²) in [5.41, 5.74) is 4.33. The molecule has 0 saturated carbocycles. The molecule has 2 aliphatic heterocycles. The number of alkyl carbamates (subject to hydrolysis) is 1. The van der Waals surface area contributed by atoms with E-state index in [9.17, 15) is 19.5 Å². The van der Waals surface area contributed by atoms with Crippen LogP contribution in [0.25, 0.3) is 11.1 Å². The summed E-state index contributed by atoms with van der Waals surface area (Å²) in [6.07, 6.45) is -0.727. The zero-order valence-electron chi connectivity index (χ0n) is 19.1. The van der Waals surface area contributed by atoms with Gasteiger partial charge in [-0.05, 0) is 28.7 Å². The van der Waals surface area contributed by atoms with E-state index < -0.39 is 30.4 Å². The first-order valence-corrected chi connectivity index (χ1v) is 11.8. The number of rotatable bonds is 8. The topological polar surface area (TPSA) is 123 Å². The molecule has 35 heavy (non-hydrogen) atoms. The Morgan fingerprint density at radius 2 is 1.71 bits per heavy atom. The monoisotopic (exact) mass is 480 g/mol. The highest BCUT2D eigenvalue weighted by Crippen LogP contribution is 2.44. The molecule has 2 saturated heterocycles. The van der Waals surface area contributed by atoms with Crippen LogP contribution in [0.4, 0.5) is 4.79 Å². The van der Waals surface area contributed by atoms with Gasteiger partial charge in [-0.15, -0.1) is 0 Å². The number of fused-ring (bicyclic) bond motifs is 4. The quantitative estimate of drug-likeness (QED) is 0.530. The van der Waals surface area contributed by atoms with E-state index in [1.165, 1.54) is 0 Å². The minimum atomic E-state index is -1.26. The summed E-state index contributed by atoms with van der Waals surface area (Å²) in [5, 5.41) is 14.4. The maximum Gasteiger partial charge on any atom is 0.407 e. The molecule has 0 bridgehead atoms. The molecule has 4 atom stereocenters. The number of carbonyl (C=O) groups is 3. The van der Waals surface area contributed by atoms with E-state index >= 15 is 0 Å². The van der Waals surface area contributed by atoms with Crippen molar-refractivity contribution in [2.45, 2.75) is 37.0 Å². The molecule has 2 amide bonds. The van der Waals surface area contributed by atoms with Gasteiger partial charge in [0.2, 0.25) is 5.91 Å². The minimum absolute atomic E-state index is 0.0469. The van der Waals surface area contributed by atoms with E-state index in [0.29, 0.717) is 19.1 Å². The Hall–Kier alpha value is -3.43. The molecule has 9 nitrogen and oxygen atoms in total. The Morgan fingerprint density at radius 1 is 1.03 bits per heavy atom. The van der Waals surface area contributed by atoms with Gasteiger partial charge >= 0.3 is 12.1 Å². The Bertz CT molecular complexity index is 1060. The lowest BCUT2D eigenvalue weighted by molar-refractivity contribution is -0.139. The highest BCUT2D eigenvalue weighted by atomic mass is 16.6. The molecule has 9 heteroatoms. The summed E-state index contributed by atoms with van der Waals surface area (Å²) < 4.78 is 16.7. The van der Waals surface area contributed by atoms with Crippen LogP contribution < -0.4 is 10.6 Å². The number of hydrogen-bond donors (Lipinski definition) is 3. The summed E-state index contributed by atoms with van der Waals surface area (Å²) in [5.74, 6) is -1.60. The first-order chi connectivity index (χ1) is 17.0. The number of nitrogens with one attached hydrogen (secondary N) is 2. The Balaban J connectivity index is 1.17. The predicted molar refractivity (Wildman–Crippen MR) is 125 cm³/mol. The maximum atomic E-state index is 12.7. The van der Waals surface area contributed by atoms with E-state index in [-0.39, 0.29) is 31.3 Å². The van der Waals surface area contributed by atoms with E-state index in [2.05, 4.69) is 10.6 Å². The van der Waals surface area contributed by atoms with Crippen molar-refractivity contribution in [2.75, 3.05) is 26.4 Å². The molecule has 5 rings (SSSR count). The molecular formula is C26H28N2O7. The lowest BCUT2D eigenvalue weighted by Gasteiger charge is -2.20. The molecule has 1 aliphatic carbocycles. The number of aliphatic carboxylic acids is 1. The summed E-state index contributed by atoms with van der Waals surface area (Å²) in [6, 6.07) is 14.7. The van der Waals surface area contributed by atoms with Crippen LogP contribution in [0.15, 0.2) is 48.5 Å². The van der Waals surface area contributed by atoms with Gasteiger partial charge in [-0.3, -0.25) is 9.59 Å².